The van der Waals surface area contributed by atoms with Crippen LogP contribution in [0.1, 0.15) is 5.69 Å². The van der Waals surface area contributed by atoms with E-state index in [1.807, 2.05) is 50.6 Å². The van der Waals surface area contributed by atoms with Crippen molar-refractivity contribution in [2.45, 2.75) is 6.92 Å². The molecule has 4 aromatic rings. The smallest absolute Gasteiger partial charge is 0.129 e. The van der Waals surface area contributed by atoms with Crippen molar-refractivity contribution in [1.29, 1.82) is 0 Å². The van der Waals surface area contributed by atoms with Gasteiger partial charge in [0.1, 0.15) is 10.8 Å². The van der Waals surface area contributed by atoms with Gasteiger partial charge in [0, 0.05) is 48.0 Å². The molecule has 0 aliphatic carbocycles. The number of fused-ring (bicyclic) bond motifs is 1. The van der Waals surface area contributed by atoms with Crippen LogP contribution >= 0.6 is 11.6 Å². The molecule has 5 nitrogen and oxygen atoms in total. The van der Waals surface area contributed by atoms with Gasteiger partial charge in [-0.25, -0.2) is 4.98 Å². The molecule has 0 spiro atoms. The maximum Gasteiger partial charge on any atom is 0.129 e. The normalized spacial score (nSPS) is 11.1. The summed E-state index contributed by atoms with van der Waals surface area (Å²) in [6, 6.07) is 9.58. The van der Waals surface area contributed by atoms with E-state index in [0.29, 0.717) is 5.15 Å². The fourth-order valence-corrected chi connectivity index (χ4v) is 2.89. The number of rotatable bonds is 2. The summed E-state index contributed by atoms with van der Waals surface area (Å²) in [5, 5.41) is 5.07. The Kier molecular flexibility index (Phi) is 3.50. The fourth-order valence-electron chi connectivity index (χ4n) is 2.73. The Balaban J connectivity index is 1.91. The third-order valence-electron chi connectivity index (χ3n) is 3.81. The average molecular weight is 336 g/mol. The average Bonchev–Trinajstić information content (AvgIpc) is 2.96. The van der Waals surface area contributed by atoms with Crippen molar-refractivity contribution >= 4 is 22.6 Å². The molecule has 0 unspecified atom stereocenters. The fraction of sp³-hybridized carbons (Fsp3) is 0.111. The monoisotopic (exact) mass is 335 g/mol. The van der Waals surface area contributed by atoms with Crippen molar-refractivity contribution in [3.8, 4) is 22.4 Å². The Hall–Kier alpha value is -2.79. The third-order valence-corrected chi connectivity index (χ3v) is 4.02. The van der Waals surface area contributed by atoms with E-state index in [1.165, 1.54) is 0 Å². The Morgan fingerprint density at radius 2 is 1.88 bits per heavy atom. The van der Waals surface area contributed by atoms with Crippen molar-refractivity contribution < 1.29 is 0 Å². The lowest BCUT2D eigenvalue weighted by Crippen LogP contribution is -1.89. The van der Waals surface area contributed by atoms with E-state index in [-0.39, 0.29) is 0 Å². The molecule has 0 aromatic carbocycles. The van der Waals surface area contributed by atoms with Crippen LogP contribution in [0.25, 0.3) is 33.4 Å². The van der Waals surface area contributed by atoms with Crippen LogP contribution in [-0.4, -0.2) is 24.7 Å². The molecule has 0 saturated carbocycles. The topological polar surface area (TPSA) is 56.5 Å². The maximum atomic E-state index is 6.00. The van der Waals surface area contributed by atoms with Gasteiger partial charge in [0.25, 0.3) is 0 Å². The Morgan fingerprint density at radius 1 is 1.00 bits per heavy atom. The summed E-state index contributed by atoms with van der Waals surface area (Å²) in [6.45, 7) is 1.97. The zero-order valence-electron chi connectivity index (χ0n) is 13.2. The molecule has 4 aromatic heterocycles. The summed E-state index contributed by atoms with van der Waals surface area (Å²) in [4.78, 5) is 13.1. The van der Waals surface area contributed by atoms with Gasteiger partial charge in [-0.15, -0.1) is 0 Å². The van der Waals surface area contributed by atoms with Crippen LogP contribution in [0.15, 0.2) is 48.9 Å². The predicted molar refractivity (Wildman–Crippen MR) is 94.7 cm³/mol. The number of hydrogen-bond acceptors (Lipinski definition) is 4. The summed E-state index contributed by atoms with van der Waals surface area (Å²) in [5.74, 6) is 0. The predicted octanol–water partition coefficient (Wildman–Crippen LogP) is 4.05. The van der Waals surface area contributed by atoms with Gasteiger partial charge < -0.3 is 0 Å². The summed E-state index contributed by atoms with van der Waals surface area (Å²) in [7, 11) is 1.91. The van der Waals surface area contributed by atoms with E-state index in [1.54, 1.807) is 16.9 Å². The quantitative estimate of drug-likeness (QED) is 0.518. The van der Waals surface area contributed by atoms with E-state index < -0.39 is 0 Å². The van der Waals surface area contributed by atoms with Crippen LogP contribution in [0.2, 0.25) is 5.15 Å². The number of halogens is 1. The molecular weight excluding hydrogens is 322 g/mol. The number of aromatic nitrogens is 5. The third kappa shape index (κ3) is 2.63. The molecule has 4 heterocycles. The molecular formula is C18H14ClN5. The highest BCUT2D eigenvalue weighted by molar-refractivity contribution is 6.29. The number of aryl methyl sites for hydroxylation is 2. The number of hydrogen-bond donors (Lipinski definition) is 0. The lowest BCUT2D eigenvalue weighted by Gasteiger charge is -2.05. The Labute approximate surface area is 144 Å². The lowest BCUT2D eigenvalue weighted by molar-refractivity contribution is 0.771. The van der Waals surface area contributed by atoms with Gasteiger partial charge in [0.15, 0.2) is 0 Å². The van der Waals surface area contributed by atoms with Crippen molar-refractivity contribution in [3.63, 3.8) is 0 Å². The first kappa shape index (κ1) is 14.8. The second-order valence-corrected chi connectivity index (χ2v) is 6.03. The molecule has 118 valence electrons. The second kappa shape index (κ2) is 5.69. The van der Waals surface area contributed by atoms with E-state index in [4.69, 9.17) is 11.6 Å². The lowest BCUT2D eigenvalue weighted by atomic mass is 10.0. The first-order chi connectivity index (χ1) is 11.6. The van der Waals surface area contributed by atoms with Gasteiger partial charge in [-0.3, -0.25) is 14.6 Å². The summed E-state index contributed by atoms with van der Waals surface area (Å²) < 4.78 is 1.80. The maximum absolute atomic E-state index is 6.00. The largest absolute Gasteiger partial charge is 0.275 e. The van der Waals surface area contributed by atoms with Gasteiger partial charge in [-0.2, -0.15) is 5.10 Å². The van der Waals surface area contributed by atoms with Gasteiger partial charge in [-0.1, -0.05) is 11.6 Å². The molecule has 6 heteroatoms. The SMILES string of the molecule is Cc1cc(-c2nn(C)cc2-c2cnc3ccc(Cl)nc3c2)ccn1. The number of nitrogens with zero attached hydrogens (tertiary/aromatic N) is 5. The van der Waals surface area contributed by atoms with Gasteiger partial charge in [0.05, 0.1) is 11.0 Å². The van der Waals surface area contributed by atoms with Gasteiger partial charge in [-0.05, 0) is 37.3 Å². The highest BCUT2D eigenvalue weighted by Crippen LogP contribution is 2.31. The minimum atomic E-state index is 0.456. The highest BCUT2D eigenvalue weighted by atomic mass is 35.5. The van der Waals surface area contributed by atoms with Crippen molar-refractivity contribution in [2.75, 3.05) is 0 Å². The molecule has 0 aliphatic rings. The minimum absolute atomic E-state index is 0.456. The molecule has 0 amide bonds. The zero-order valence-corrected chi connectivity index (χ0v) is 14.0. The Morgan fingerprint density at radius 3 is 2.71 bits per heavy atom. The Bertz CT molecular complexity index is 1050. The molecule has 0 radical (unpaired) electrons. The van der Waals surface area contributed by atoms with Crippen LogP contribution in [0.3, 0.4) is 0 Å². The van der Waals surface area contributed by atoms with Crippen LogP contribution in [-0.2, 0) is 7.05 Å². The van der Waals surface area contributed by atoms with Crippen LogP contribution in [0.5, 0.6) is 0 Å². The zero-order chi connectivity index (χ0) is 16.7. The van der Waals surface area contributed by atoms with Crippen molar-refractivity contribution in [3.05, 3.63) is 59.8 Å². The molecule has 0 N–H and O–H groups in total. The standard InChI is InChI=1S/C18H14ClN5/c1-11-7-12(5-6-20-11)18-14(10-24(2)23-18)13-8-16-15(21-9-13)3-4-17(19)22-16/h3-10H,1-2H3. The van der Waals surface area contributed by atoms with Crippen molar-refractivity contribution in [1.82, 2.24) is 24.7 Å². The summed E-state index contributed by atoms with van der Waals surface area (Å²) in [5.41, 5.74) is 6.40. The van der Waals surface area contributed by atoms with Crippen LogP contribution in [0, 0.1) is 6.92 Å². The van der Waals surface area contributed by atoms with E-state index >= 15 is 0 Å². The summed E-state index contributed by atoms with van der Waals surface area (Å²) in [6.07, 6.45) is 5.62. The van der Waals surface area contributed by atoms with Crippen molar-refractivity contribution in [2.24, 2.45) is 7.05 Å². The molecule has 4 rings (SSSR count). The van der Waals surface area contributed by atoms with Gasteiger partial charge in [0.2, 0.25) is 0 Å². The molecule has 0 saturated heterocycles. The number of pyridine rings is 3. The van der Waals surface area contributed by atoms with Crippen LogP contribution < -0.4 is 0 Å². The van der Waals surface area contributed by atoms with Gasteiger partial charge >= 0.3 is 0 Å². The molecule has 0 fully saturated rings. The molecule has 24 heavy (non-hydrogen) atoms. The minimum Gasteiger partial charge on any atom is -0.275 e. The van der Waals surface area contributed by atoms with Crippen LogP contribution in [0.4, 0.5) is 0 Å². The first-order valence-corrected chi connectivity index (χ1v) is 7.87. The molecule has 0 atom stereocenters. The van der Waals surface area contributed by atoms with E-state index in [2.05, 4.69) is 20.1 Å². The second-order valence-electron chi connectivity index (χ2n) is 5.65. The highest BCUT2D eigenvalue weighted by Gasteiger charge is 2.14. The molecule has 0 bridgehead atoms. The summed E-state index contributed by atoms with van der Waals surface area (Å²) >= 11 is 6.00. The van der Waals surface area contributed by atoms with E-state index in [9.17, 15) is 0 Å². The first-order valence-electron chi connectivity index (χ1n) is 7.49. The van der Waals surface area contributed by atoms with E-state index in [0.717, 1.165) is 39.1 Å². The molecule has 0 aliphatic heterocycles.